The molecule has 2 aromatic rings. The number of anilines is 2. The molecular formula is C13H15ClN4O. The third-order valence-corrected chi connectivity index (χ3v) is 2.93. The van der Waals surface area contributed by atoms with E-state index in [0.717, 1.165) is 17.1 Å². The highest BCUT2D eigenvalue weighted by Gasteiger charge is 2.04. The zero-order chi connectivity index (χ0) is 13.7. The molecule has 0 aliphatic heterocycles. The topological polar surface area (TPSA) is 69.8 Å². The Bertz CT molecular complexity index is 554. The summed E-state index contributed by atoms with van der Waals surface area (Å²) >= 11 is 6.11. The molecule has 0 bridgehead atoms. The van der Waals surface area contributed by atoms with Crippen molar-refractivity contribution in [2.24, 2.45) is 0 Å². The maximum absolute atomic E-state index is 11.3. The number of amides is 1. The Balaban J connectivity index is 2.06. The van der Waals surface area contributed by atoms with E-state index in [4.69, 9.17) is 11.6 Å². The number of H-pyrrole nitrogens is 1. The van der Waals surface area contributed by atoms with Gasteiger partial charge in [0.1, 0.15) is 0 Å². The van der Waals surface area contributed by atoms with Crippen LogP contribution in [0.2, 0.25) is 5.02 Å². The van der Waals surface area contributed by atoms with Crippen LogP contribution in [-0.2, 0) is 11.3 Å². The lowest BCUT2D eigenvalue weighted by Gasteiger charge is -2.10. The number of aromatic amines is 1. The highest BCUT2D eigenvalue weighted by atomic mass is 35.5. The van der Waals surface area contributed by atoms with Gasteiger partial charge >= 0.3 is 0 Å². The van der Waals surface area contributed by atoms with E-state index in [1.807, 2.05) is 19.1 Å². The number of nitrogens with one attached hydrogen (secondary N) is 3. The summed E-state index contributed by atoms with van der Waals surface area (Å²) in [5, 5.41) is 13.3. The Labute approximate surface area is 116 Å². The Hall–Kier alpha value is -2.01. The highest BCUT2D eigenvalue weighted by molar-refractivity contribution is 6.33. The van der Waals surface area contributed by atoms with Crippen molar-refractivity contribution in [3.8, 4) is 0 Å². The van der Waals surface area contributed by atoms with Gasteiger partial charge in [-0.25, -0.2) is 0 Å². The molecule has 1 amide bonds. The average molecular weight is 279 g/mol. The van der Waals surface area contributed by atoms with E-state index >= 15 is 0 Å². The Morgan fingerprint density at radius 3 is 2.95 bits per heavy atom. The molecule has 19 heavy (non-hydrogen) atoms. The first kappa shape index (κ1) is 13.4. The fraction of sp³-hybridized carbons (Fsp3) is 0.231. The minimum absolute atomic E-state index is 0.0261. The van der Waals surface area contributed by atoms with Gasteiger partial charge in [0.05, 0.1) is 22.9 Å². The first-order chi connectivity index (χ1) is 9.19. The molecule has 0 atom stereocenters. The molecule has 2 rings (SSSR count). The summed E-state index contributed by atoms with van der Waals surface area (Å²) in [6.07, 6.45) is 2.13. The lowest BCUT2D eigenvalue weighted by Crippen LogP contribution is -2.10. The van der Waals surface area contributed by atoms with Crippen molar-refractivity contribution in [3.63, 3.8) is 0 Å². The van der Waals surface area contributed by atoms with E-state index in [2.05, 4.69) is 20.8 Å². The maximum atomic E-state index is 11.3. The number of halogens is 1. The lowest BCUT2D eigenvalue weighted by molar-refractivity contribution is -0.115. The largest absolute Gasteiger partial charge is 0.378 e. The van der Waals surface area contributed by atoms with Crippen molar-refractivity contribution >= 4 is 28.9 Å². The van der Waals surface area contributed by atoms with Gasteiger partial charge in [-0.1, -0.05) is 18.5 Å². The standard InChI is InChI=1S/C13H15ClN4O/c1-2-13(19)17-9-3-4-11(14)12(7-9)15-8-10-5-6-16-18-10/h3-7,15H,2,8H2,1H3,(H,16,18)(H,17,19). The number of benzene rings is 1. The average Bonchev–Trinajstić information content (AvgIpc) is 2.92. The van der Waals surface area contributed by atoms with E-state index in [1.165, 1.54) is 0 Å². The highest BCUT2D eigenvalue weighted by Crippen LogP contribution is 2.26. The quantitative estimate of drug-likeness (QED) is 0.787. The predicted octanol–water partition coefficient (Wildman–Crippen LogP) is 3.02. The molecule has 5 nitrogen and oxygen atoms in total. The summed E-state index contributed by atoms with van der Waals surface area (Å²) in [5.74, 6) is -0.0261. The summed E-state index contributed by atoms with van der Waals surface area (Å²) in [7, 11) is 0. The van der Waals surface area contributed by atoms with Crippen LogP contribution in [0, 0.1) is 0 Å². The Morgan fingerprint density at radius 1 is 1.42 bits per heavy atom. The first-order valence-corrected chi connectivity index (χ1v) is 6.38. The Morgan fingerprint density at radius 2 is 2.26 bits per heavy atom. The van der Waals surface area contributed by atoms with E-state index in [0.29, 0.717) is 18.0 Å². The van der Waals surface area contributed by atoms with Crippen molar-refractivity contribution in [2.75, 3.05) is 10.6 Å². The van der Waals surface area contributed by atoms with Gasteiger partial charge in [0.2, 0.25) is 5.91 Å². The van der Waals surface area contributed by atoms with E-state index in [1.54, 1.807) is 18.3 Å². The van der Waals surface area contributed by atoms with Crippen LogP contribution in [0.5, 0.6) is 0 Å². The number of rotatable bonds is 5. The van der Waals surface area contributed by atoms with Crippen LogP contribution in [0.1, 0.15) is 19.0 Å². The summed E-state index contributed by atoms with van der Waals surface area (Å²) in [5.41, 5.74) is 2.45. The monoisotopic (exact) mass is 278 g/mol. The van der Waals surface area contributed by atoms with Crippen LogP contribution in [0.3, 0.4) is 0 Å². The first-order valence-electron chi connectivity index (χ1n) is 6.00. The van der Waals surface area contributed by atoms with Crippen LogP contribution in [0.15, 0.2) is 30.5 Å². The van der Waals surface area contributed by atoms with Crippen molar-refractivity contribution in [3.05, 3.63) is 41.2 Å². The molecule has 0 aliphatic carbocycles. The summed E-state index contributed by atoms with van der Waals surface area (Å²) in [6.45, 7) is 2.40. The fourth-order valence-electron chi connectivity index (χ4n) is 1.56. The lowest BCUT2D eigenvalue weighted by atomic mass is 10.2. The smallest absolute Gasteiger partial charge is 0.224 e. The van der Waals surface area contributed by atoms with Gasteiger partial charge in [-0.2, -0.15) is 5.10 Å². The van der Waals surface area contributed by atoms with Gasteiger partial charge < -0.3 is 10.6 Å². The van der Waals surface area contributed by atoms with Crippen molar-refractivity contribution in [2.45, 2.75) is 19.9 Å². The molecule has 0 saturated carbocycles. The number of hydrogen-bond donors (Lipinski definition) is 3. The maximum Gasteiger partial charge on any atom is 0.224 e. The number of carbonyl (C=O) groups is 1. The van der Waals surface area contributed by atoms with E-state index in [9.17, 15) is 4.79 Å². The second-order valence-electron chi connectivity index (χ2n) is 4.03. The molecule has 100 valence electrons. The minimum Gasteiger partial charge on any atom is -0.378 e. The van der Waals surface area contributed by atoms with Crippen molar-refractivity contribution < 1.29 is 4.79 Å². The van der Waals surface area contributed by atoms with Crippen molar-refractivity contribution in [1.29, 1.82) is 0 Å². The molecule has 0 saturated heterocycles. The molecule has 6 heteroatoms. The van der Waals surface area contributed by atoms with Gasteiger partial charge in [-0.15, -0.1) is 0 Å². The predicted molar refractivity (Wildman–Crippen MR) is 76.3 cm³/mol. The van der Waals surface area contributed by atoms with Gasteiger partial charge in [-0.05, 0) is 24.3 Å². The van der Waals surface area contributed by atoms with Crippen LogP contribution >= 0.6 is 11.6 Å². The Kier molecular flexibility index (Phi) is 4.41. The van der Waals surface area contributed by atoms with Crippen LogP contribution < -0.4 is 10.6 Å². The summed E-state index contributed by atoms with van der Waals surface area (Å²) in [6, 6.07) is 7.22. The third-order valence-electron chi connectivity index (χ3n) is 2.60. The molecule has 0 spiro atoms. The second-order valence-corrected chi connectivity index (χ2v) is 4.44. The van der Waals surface area contributed by atoms with Crippen molar-refractivity contribution in [1.82, 2.24) is 10.2 Å². The molecule has 1 aromatic heterocycles. The molecule has 0 radical (unpaired) electrons. The van der Waals surface area contributed by atoms with Crippen LogP contribution in [0.4, 0.5) is 11.4 Å². The fourth-order valence-corrected chi connectivity index (χ4v) is 1.75. The number of aromatic nitrogens is 2. The molecule has 3 N–H and O–H groups in total. The zero-order valence-corrected chi connectivity index (χ0v) is 11.3. The third kappa shape index (κ3) is 3.72. The number of hydrogen-bond acceptors (Lipinski definition) is 3. The number of nitrogens with zero attached hydrogens (tertiary/aromatic N) is 1. The molecule has 0 fully saturated rings. The second kappa shape index (κ2) is 6.24. The van der Waals surface area contributed by atoms with Gasteiger partial charge in [0, 0.05) is 18.3 Å². The normalized spacial score (nSPS) is 10.2. The minimum atomic E-state index is -0.0261. The van der Waals surface area contributed by atoms with Gasteiger partial charge in [-0.3, -0.25) is 9.89 Å². The van der Waals surface area contributed by atoms with Crippen LogP contribution in [-0.4, -0.2) is 16.1 Å². The molecule has 1 aromatic carbocycles. The summed E-state index contributed by atoms with van der Waals surface area (Å²) < 4.78 is 0. The van der Waals surface area contributed by atoms with E-state index in [-0.39, 0.29) is 5.91 Å². The van der Waals surface area contributed by atoms with Gasteiger partial charge in [0.25, 0.3) is 0 Å². The van der Waals surface area contributed by atoms with Crippen LogP contribution in [0.25, 0.3) is 0 Å². The zero-order valence-electron chi connectivity index (χ0n) is 10.5. The summed E-state index contributed by atoms with van der Waals surface area (Å²) in [4.78, 5) is 11.3. The number of carbonyl (C=O) groups excluding carboxylic acids is 1. The molecule has 0 unspecified atom stereocenters. The van der Waals surface area contributed by atoms with E-state index < -0.39 is 0 Å². The molecule has 0 aliphatic rings. The van der Waals surface area contributed by atoms with Gasteiger partial charge in [0.15, 0.2) is 0 Å². The molecule has 1 heterocycles. The molecular weight excluding hydrogens is 264 g/mol. The SMILES string of the molecule is CCC(=O)Nc1ccc(Cl)c(NCc2ccn[nH]2)c1.